The predicted molar refractivity (Wildman–Crippen MR) is 89.6 cm³/mol. The molecule has 3 aliphatic rings. The van der Waals surface area contributed by atoms with Gasteiger partial charge < -0.3 is 5.11 Å². The van der Waals surface area contributed by atoms with Crippen molar-refractivity contribution in [2.24, 2.45) is 40.4 Å². The second-order valence-electron chi connectivity index (χ2n) is 9.36. The van der Waals surface area contributed by atoms with E-state index in [2.05, 4.69) is 27.7 Å². The summed E-state index contributed by atoms with van der Waals surface area (Å²) in [6, 6.07) is 0. The highest BCUT2D eigenvalue weighted by Gasteiger charge is 2.63. The van der Waals surface area contributed by atoms with Crippen molar-refractivity contribution >= 4 is 5.97 Å². The Kier molecular flexibility index (Phi) is 4.10. The third kappa shape index (κ3) is 2.24. The summed E-state index contributed by atoms with van der Waals surface area (Å²) in [4.78, 5) is 12.4. The highest BCUT2D eigenvalue weighted by molar-refractivity contribution is 5.76. The Morgan fingerprint density at radius 1 is 1.00 bits per heavy atom. The smallest absolute Gasteiger partial charge is 0.310 e. The Labute approximate surface area is 136 Å². The van der Waals surface area contributed by atoms with Gasteiger partial charge in [-0.15, -0.1) is 0 Å². The summed E-state index contributed by atoms with van der Waals surface area (Å²) in [6.45, 7) is 9.34. The van der Waals surface area contributed by atoms with E-state index in [1.165, 1.54) is 25.7 Å². The fraction of sp³-hybridized carbons (Fsp3) is 0.950. The largest absolute Gasteiger partial charge is 0.481 e. The van der Waals surface area contributed by atoms with Gasteiger partial charge in [0.25, 0.3) is 0 Å². The lowest BCUT2D eigenvalue weighted by molar-refractivity contribution is -0.166. The third-order valence-corrected chi connectivity index (χ3v) is 7.98. The van der Waals surface area contributed by atoms with E-state index >= 15 is 0 Å². The van der Waals surface area contributed by atoms with Crippen LogP contribution in [0.1, 0.15) is 79.1 Å². The minimum Gasteiger partial charge on any atom is -0.481 e. The maximum absolute atomic E-state index is 12.4. The number of aliphatic carboxylic acids is 1. The first-order chi connectivity index (χ1) is 10.3. The van der Waals surface area contributed by atoms with Crippen LogP contribution >= 0.6 is 0 Å². The van der Waals surface area contributed by atoms with E-state index in [0.29, 0.717) is 29.1 Å². The Hall–Kier alpha value is -0.530. The van der Waals surface area contributed by atoms with E-state index in [9.17, 15) is 9.90 Å². The molecule has 3 aliphatic carbocycles. The molecule has 0 spiro atoms. The molecule has 22 heavy (non-hydrogen) atoms. The molecule has 126 valence electrons. The molecule has 3 saturated carbocycles. The molecule has 1 N–H and O–H groups in total. The topological polar surface area (TPSA) is 37.3 Å². The summed E-state index contributed by atoms with van der Waals surface area (Å²) in [5, 5.41) is 10.2. The van der Waals surface area contributed by atoms with Crippen LogP contribution in [0, 0.1) is 40.4 Å². The van der Waals surface area contributed by atoms with Crippen molar-refractivity contribution in [2.75, 3.05) is 0 Å². The van der Waals surface area contributed by atoms with Gasteiger partial charge in [0.05, 0.1) is 5.41 Å². The molecule has 0 aliphatic heterocycles. The van der Waals surface area contributed by atoms with Crippen molar-refractivity contribution in [1.82, 2.24) is 0 Å². The van der Waals surface area contributed by atoms with Gasteiger partial charge >= 0.3 is 5.97 Å². The average molecular weight is 306 g/mol. The van der Waals surface area contributed by atoms with Gasteiger partial charge in [0.2, 0.25) is 0 Å². The summed E-state index contributed by atoms with van der Waals surface area (Å²) in [6.07, 6.45) is 9.58. The standard InChI is InChI=1S/C20H34O2/c1-13(2)15-7-8-17-16-6-5-14(3)9-10-19(16,4)11-12-20(15,17)18(21)22/h13-17H,5-12H2,1-4H3,(H,21,22)/t14?,15-,16+,17+,19-,20+/m1/s1. The molecule has 2 heteroatoms. The number of carbonyl (C=O) groups is 1. The molecule has 3 fully saturated rings. The zero-order valence-electron chi connectivity index (χ0n) is 14.9. The van der Waals surface area contributed by atoms with E-state index in [-0.39, 0.29) is 0 Å². The molecule has 0 aromatic carbocycles. The molecule has 3 rings (SSSR count). The average Bonchev–Trinajstić information content (AvgIpc) is 2.78. The van der Waals surface area contributed by atoms with E-state index in [4.69, 9.17) is 0 Å². The Bertz CT molecular complexity index is 443. The number of fused-ring (bicyclic) bond motifs is 3. The van der Waals surface area contributed by atoms with Gasteiger partial charge in [-0.1, -0.05) is 40.5 Å². The van der Waals surface area contributed by atoms with Gasteiger partial charge in [0, 0.05) is 0 Å². The van der Waals surface area contributed by atoms with Gasteiger partial charge in [-0.2, -0.15) is 0 Å². The maximum Gasteiger partial charge on any atom is 0.310 e. The number of rotatable bonds is 2. The monoisotopic (exact) mass is 306 g/mol. The fourth-order valence-corrected chi connectivity index (χ4v) is 6.64. The highest BCUT2D eigenvalue weighted by atomic mass is 16.4. The van der Waals surface area contributed by atoms with Gasteiger partial charge in [0.15, 0.2) is 0 Å². The van der Waals surface area contributed by atoms with Gasteiger partial charge in [0.1, 0.15) is 0 Å². The van der Waals surface area contributed by atoms with Crippen LogP contribution in [-0.4, -0.2) is 11.1 Å². The summed E-state index contributed by atoms with van der Waals surface area (Å²) in [5.74, 6) is 2.31. The van der Waals surface area contributed by atoms with Crippen molar-refractivity contribution in [3.05, 3.63) is 0 Å². The van der Waals surface area contributed by atoms with Gasteiger partial charge in [-0.3, -0.25) is 4.79 Å². The number of carboxylic acid groups (broad SMARTS) is 1. The Morgan fingerprint density at radius 2 is 1.68 bits per heavy atom. The Balaban J connectivity index is 1.98. The maximum atomic E-state index is 12.4. The second-order valence-corrected chi connectivity index (χ2v) is 9.36. The molecule has 1 unspecified atom stereocenters. The first-order valence-electron chi connectivity index (χ1n) is 9.54. The highest BCUT2D eigenvalue weighted by Crippen LogP contribution is 2.66. The molecule has 0 bridgehead atoms. The lowest BCUT2D eigenvalue weighted by Crippen LogP contribution is -2.52. The van der Waals surface area contributed by atoms with E-state index < -0.39 is 11.4 Å². The summed E-state index contributed by atoms with van der Waals surface area (Å²) in [7, 11) is 0. The Morgan fingerprint density at radius 3 is 2.32 bits per heavy atom. The SMILES string of the molecule is CC1CC[C@H]2[C@@H]3CC[C@H](C(C)C)[C@@]3(C(=O)O)CC[C@@]2(C)CC1. The molecule has 0 aromatic heterocycles. The van der Waals surface area contributed by atoms with Gasteiger partial charge in [-0.25, -0.2) is 0 Å². The quantitative estimate of drug-likeness (QED) is 0.745. The molecular formula is C20H34O2. The molecule has 0 heterocycles. The lowest BCUT2D eigenvalue weighted by Gasteiger charge is -2.53. The second kappa shape index (κ2) is 5.53. The summed E-state index contributed by atoms with van der Waals surface area (Å²) in [5.41, 5.74) is -0.00777. The number of carboxylic acids is 1. The molecule has 0 saturated heterocycles. The van der Waals surface area contributed by atoms with Crippen molar-refractivity contribution < 1.29 is 9.90 Å². The van der Waals surface area contributed by atoms with Crippen LogP contribution in [0.2, 0.25) is 0 Å². The molecular weight excluding hydrogens is 272 g/mol. The molecule has 0 radical (unpaired) electrons. The van der Waals surface area contributed by atoms with Gasteiger partial charge in [-0.05, 0) is 73.5 Å². The van der Waals surface area contributed by atoms with Crippen LogP contribution in [0.5, 0.6) is 0 Å². The first-order valence-corrected chi connectivity index (χ1v) is 9.54. The first kappa shape index (κ1) is 16.3. The number of hydrogen-bond acceptors (Lipinski definition) is 1. The van der Waals surface area contributed by atoms with Crippen molar-refractivity contribution in [3.63, 3.8) is 0 Å². The minimum absolute atomic E-state index is 0.389. The van der Waals surface area contributed by atoms with Crippen LogP contribution in [0.25, 0.3) is 0 Å². The normalized spacial score (nSPS) is 48.6. The molecule has 0 amide bonds. The summed E-state index contributed by atoms with van der Waals surface area (Å²) < 4.78 is 0. The lowest BCUT2D eigenvalue weighted by atomic mass is 9.50. The van der Waals surface area contributed by atoms with E-state index in [0.717, 1.165) is 31.6 Å². The predicted octanol–water partition coefficient (Wildman–Crippen LogP) is 5.37. The van der Waals surface area contributed by atoms with Crippen LogP contribution < -0.4 is 0 Å². The third-order valence-electron chi connectivity index (χ3n) is 7.98. The van der Waals surface area contributed by atoms with Crippen LogP contribution in [0.15, 0.2) is 0 Å². The molecule has 6 atom stereocenters. The van der Waals surface area contributed by atoms with Crippen LogP contribution in [0.4, 0.5) is 0 Å². The van der Waals surface area contributed by atoms with Crippen molar-refractivity contribution in [3.8, 4) is 0 Å². The zero-order chi connectivity index (χ0) is 16.1. The number of hydrogen-bond donors (Lipinski definition) is 1. The van der Waals surface area contributed by atoms with Crippen molar-refractivity contribution in [2.45, 2.75) is 79.1 Å². The minimum atomic E-state index is -0.479. The van der Waals surface area contributed by atoms with Crippen molar-refractivity contribution in [1.29, 1.82) is 0 Å². The zero-order valence-corrected chi connectivity index (χ0v) is 14.9. The molecule has 0 aromatic rings. The fourth-order valence-electron chi connectivity index (χ4n) is 6.64. The van der Waals surface area contributed by atoms with E-state index in [1.54, 1.807) is 0 Å². The van der Waals surface area contributed by atoms with Crippen LogP contribution in [0.3, 0.4) is 0 Å². The molecule has 2 nitrogen and oxygen atoms in total. The van der Waals surface area contributed by atoms with E-state index in [1.807, 2.05) is 0 Å². The van der Waals surface area contributed by atoms with Crippen LogP contribution in [-0.2, 0) is 4.79 Å². The summed E-state index contributed by atoms with van der Waals surface area (Å²) >= 11 is 0.